The van der Waals surface area contributed by atoms with E-state index in [9.17, 15) is 4.79 Å². The fourth-order valence-corrected chi connectivity index (χ4v) is 2.54. The van der Waals surface area contributed by atoms with Crippen LogP contribution in [0.1, 0.15) is 27.6 Å². The third-order valence-corrected chi connectivity index (χ3v) is 3.60. The minimum atomic E-state index is -0.271. The second kappa shape index (κ2) is 5.41. The van der Waals surface area contributed by atoms with Gasteiger partial charge in [-0.3, -0.25) is 4.79 Å². The Morgan fingerprint density at radius 3 is 3.00 bits per heavy atom. The van der Waals surface area contributed by atoms with E-state index < -0.39 is 0 Å². The van der Waals surface area contributed by atoms with Gasteiger partial charge in [0.05, 0.1) is 23.2 Å². The molecule has 0 aliphatic heterocycles. The number of hydrogen-bond donors (Lipinski definition) is 1. The molecule has 4 rings (SSSR count). The maximum absolute atomic E-state index is 12.6. The second-order valence-electron chi connectivity index (χ2n) is 5.37. The standard InChI is InChI=1S/C16H13N5O3/c1-8-6-10(13-9(2)21-24-16(13)19-8)15(22)18-7-12-20-14-11(23-12)4-3-5-17-14/h3-6H,7H2,1-2H3,(H,18,22). The van der Waals surface area contributed by atoms with E-state index in [1.165, 1.54) is 0 Å². The summed E-state index contributed by atoms with van der Waals surface area (Å²) < 4.78 is 10.7. The van der Waals surface area contributed by atoms with Gasteiger partial charge >= 0.3 is 0 Å². The van der Waals surface area contributed by atoms with Crippen LogP contribution >= 0.6 is 0 Å². The first-order valence-electron chi connectivity index (χ1n) is 7.34. The van der Waals surface area contributed by atoms with Gasteiger partial charge in [-0.25, -0.2) is 9.97 Å². The lowest BCUT2D eigenvalue weighted by molar-refractivity contribution is 0.0949. The number of amides is 1. The number of fused-ring (bicyclic) bond motifs is 2. The van der Waals surface area contributed by atoms with Gasteiger partial charge in [-0.15, -0.1) is 0 Å². The Labute approximate surface area is 135 Å². The Balaban J connectivity index is 1.61. The Kier molecular flexibility index (Phi) is 3.23. The molecule has 0 aliphatic rings. The summed E-state index contributed by atoms with van der Waals surface area (Å²) in [6.07, 6.45) is 1.64. The van der Waals surface area contributed by atoms with Crippen LogP contribution in [0, 0.1) is 13.8 Å². The van der Waals surface area contributed by atoms with E-state index >= 15 is 0 Å². The number of nitrogens with zero attached hydrogens (tertiary/aromatic N) is 4. The molecule has 0 saturated heterocycles. The fraction of sp³-hybridized carbons (Fsp3) is 0.188. The SMILES string of the molecule is Cc1cc(C(=O)NCc2nc3ncccc3o2)c2c(C)noc2n1. The van der Waals surface area contributed by atoms with E-state index in [4.69, 9.17) is 8.94 Å². The molecule has 0 aliphatic carbocycles. The molecule has 4 aromatic heterocycles. The number of aryl methyl sites for hydroxylation is 2. The van der Waals surface area contributed by atoms with Crippen molar-refractivity contribution in [3.05, 3.63) is 47.2 Å². The number of hydrogen-bond acceptors (Lipinski definition) is 7. The third-order valence-electron chi connectivity index (χ3n) is 3.60. The van der Waals surface area contributed by atoms with Crippen LogP contribution in [-0.4, -0.2) is 26.0 Å². The van der Waals surface area contributed by atoms with Gasteiger partial charge in [-0.05, 0) is 32.0 Å². The zero-order valence-electron chi connectivity index (χ0n) is 13.0. The van der Waals surface area contributed by atoms with E-state index in [2.05, 4.69) is 25.4 Å². The van der Waals surface area contributed by atoms with Crippen LogP contribution < -0.4 is 5.32 Å². The van der Waals surface area contributed by atoms with E-state index in [-0.39, 0.29) is 12.5 Å². The monoisotopic (exact) mass is 323 g/mol. The first-order valence-corrected chi connectivity index (χ1v) is 7.34. The first kappa shape index (κ1) is 14.3. The molecule has 0 radical (unpaired) electrons. The normalized spacial score (nSPS) is 11.2. The third kappa shape index (κ3) is 2.37. The van der Waals surface area contributed by atoms with Gasteiger partial charge in [0.2, 0.25) is 5.89 Å². The molecule has 4 heterocycles. The predicted molar refractivity (Wildman–Crippen MR) is 84.3 cm³/mol. The molecule has 0 saturated carbocycles. The summed E-state index contributed by atoms with van der Waals surface area (Å²) in [5.74, 6) is 0.119. The Bertz CT molecular complexity index is 1030. The summed E-state index contributed by atoms with van der Waals surface area (Å²) in [4.78, 5) is 25.1. The smallest absolute Gasteiger partial charge is 0.258 e. The van der Waals surface area contributed by atoms with E-state index in [1.54, 1.807) is 38.2 Å². The van der Waals surface area contributed by atoms with Gasteiger partial charge < -0.3 is 14.3 Å². The molecule has 4 aromatic rings. The van der Waals surface area contributed by atoms with Crippen LogP contribution in [-0.2, 0) is 6.54 Å². The van der Waals surface area contributed by atoms with Crippen LogP contribution in [0.3, 0.4) is 0 Å². The lowest BCUT2D eigenvalue weighted by Crippen LogP contribution is -2.23. The average Bonchev–Trinajstić information content (AvgIpc) is 3.15. The second-order valence-corrected chi connectivity index (χ2v) is 5.37. The maximum atomic E-state index is 12.6. The number of oxazole rings is 1. The molecule has 0 aromatic carbocycles. The van der Waals surface area contributed by atoms with Crippen molar-refractivity contribution in [3.63, 3.8) is 0 Å². The Morgan fingerprint density at radius 1 is 1.29 bits per heavy atom. The molecule has 1 N–H and O–H groups in total. The number of carbonyl (C=O) groups is 1. The van der Waals surface area contributed by atoms with E-state index in [0.717, 1.165) is 0 Å². The van der Waals surface area contributed by atoms with Crippen molar-refractivity contribution in [2.75, 3.05) is 0 Å². The van der Waals surface area contributed by atoms with Gasteiger partial charge in [0.15, 0.2) is 11.2 Å². The van der Waals surface area contributed by atoms with Crippen LogP contribution in [0.2, 0.25) is 0 Å². The first-order chi connectivity index (χ1) is 11.6. The number of nitrogens with one attached hydrogen (secondary N) is 1. The molecule has 1 amide bonds. The molecule has 24 heavy (non-hydrogen) atoms. The minimum Gasteiger partial charge on any atom is -0.437 e. The van der Waals surface area contributed by atoms with Gasteiger partial charge in [0.25, 0.3) is 11.6 Å². The highest BCUT2D eigenvalue weighted by Crippen LogP contribution is 2.22. The van der Waals surface area contributed by atoms with Gasteiger partial charge in [0.1, 0.15) is 0 Å². The van der Waals surface area contributed by atoms with Crippen LogP contribution in [0.4, 0.5) is 0 Å². The minimum absolute atomic E-state index is 0.155. The highest BCUT2D eigenvalue weighted by molar-refractivity contribution is 6.05. The molecule has 0 unspecified atom stereocenters. The molecule has 120 valence electrons. The van der Waals surface area contributed by atoms with Crippen LogP contribution in [0.25, 0.3) is 22.3 Å². The van der Waals surface area contributed by atoms with Gasteiger partial charge in [-0.2, -0.15) is 4.98 Å². The van der Waals surface area contributed by atoms with Crippen molar-refractivity contribution < 1.29 is 13.7 Å². The number of rotatable bonds is 3. The van der Waals surface area contributed by atoms with Gasteiger partial charge in [-0.1, -0.05) is 5.16 Å². The molecule has 0 bridgehead atoms. The van der Waals surface area contributed by atoms with Crippen molar-refractivity contribution in [2.45, 2.75) is 20.4 Å². The predicted octanol–water partition coefficient (Wildman–Crippen LogP) is 2.31. The number of carbonyl (C=O) groups excluding carboxylic acids is 1. The average molecular weight is 323 g/mol. The Morgan fingerprint density at radius 2 is 2.17 bits per heavy atom. The summed E-state index contributed by atoms with van der Waals surface area (Å²) in [5, 5.41) is 7.27. The molecule has 8 nitrogen and oxygen atoms in total. The lowest BCUT2D eigenvalue weighted by Gasteiger charge is -2.05. The topological polar surface area (TPSA) is 107 Å². The molecule has 8 heteroatoms. The largest absolute Gasteiger partial charge is 0.437 e. The summed E-state index contributed by atoms with van der Waals surface area (Å²) in [7, 11) is 0. The number of aromatic nitrogens is 4. The summed E-state index contributed by atoms with van der Waals surface area (Å²) in [5.41, 5.74) is 3.20. The molecule has 0 atom stereocenters. The fourth-order valence-electron chi connectivity index (χ4n) is 2.54. The summed E-state index contributed by atoms with van der Waals surface area (Å²) in [6, 6.07) is 5.24. The van der Waals surface area contributed by atoms with Crippen molar-refractivity contribution in [3.8, 4) is 0 Å². The molecular weight excluding hydrogens is 310 g/mol. The van der Waals surface area contributed by atoms with Crippen molar-refractivity contribution >= 4 is 28.2 Å². The summed E-state index contributed by atoms with van der Waals surface area (Å²) in [6.45, 7) is 3.72. The van der Waals surface area contributed by atoms with Gasteiger partial charge in [0, 0.05) is 11.9 Å². The molecular formula is C16H13N5O3. The zero-order valence-corrected chi connectivity index (χ0v) is 13.0. The van der Waals surface area contributed by atoms with Crippen molar-refractivity contribution in [1.29, 1.82) is 0 Å². The van der Waals surface area contributed by atoms with Crippen molar-refractivity contribution in [1.82, 2.24) is 25.4 Å². The maximum Gasteiger partial charge on any atom is 0.258 e. The number of pyridine rings is 2. The molecule has 0 spiro atoms. The quantitative estimate of drug-likeness (QED) is 0.616. The highest BCUT2D eigenvalue weighted by Gasteiger charge is 2.18. The highest BCUT2D eigenvalue weighted by atomic mass is 16.5. The molecule has 0 fully saturated rings. The van der Waals surface area contributed by atoms with Crippen LogP contribution in [0.15, 0.2) is 33.3 Å². The summed E-state index contributed by atoms with van der Waals surface area (Å²) >= 11 is 0. The van der Waals surface area contributed by atoms with E-state index in [0.29, 0.717) is 45.2 Å². The van der Waals surface area contributed by atoms with Crippen LogP contribution in [0.5, 0.6) is 0 Å². The van der Waals surface area contributed by atoms with Crippen molar-refractivity contribution in [2.24, 2.45) is 0 Å². The zero-order chi connectivity index (χ0) is 16.7. The Hall–Kier alpha value is -3.29. The lowest BCUT2D eigenvalue weighted by atomic mass is 10.1. The van der Waals surface area contributed by atoms with E-state index in [1.807, 2.05) is 0 Å².